The lowest BCUT2D eigenvalue weighted by atomic mass is 9.45. The molecule has 0 aliphatic heterocycles. The Balaban J connectivity index is 1.45. The lowest BCUT2D eigenvalue weighted by molar-refractivity contribution is -0.141. The number of aliphatic hydroxyl groups is 1. The number of hydrogen-bond acceptors (Lipinski definition) is 3. The Morgan fingerprint density at radius 3 is 2.83 bits per heavy atom. The predicted molar refractivity (Wildman–Crippen MR) is 114 cm³/mol. The standard InChI is InChI=1S/C25H36N2O2/c1-4-27-18(9-12-26-27)13-16-14-22-20-6-5-17-15-19(28)7-10-24(17,2)21(20)8-11-25(22,3)23(16)29/h9,12-13,17,19-22,28H,4-8,10-11,14-15H2,1-3H3/b16-13-/t17-,19+,20-,21+,22+,24-,25+/m0/s1. The summed E-state index contributed by atoms with van der Waals surface area (Å²) in [5.74, 6) is 2.94. The van der Waals surface area contributed by atoms with Crippen LogP contribution in [0.1, 0.15) is 77.8 Å². The molecular formula is C25H36N2O2. The topological polar surface area (TPSA) is 55.1 Å². The summed E-state index contributed by atoms with van der Waals surface area (Å²) in [6.07, 6.45) is 12.6. The average Bonchev–Trinajstić information content (AvgIpc) is 3.25. The van der Waals surface area contributed by atoms with Gasteiger partial charge < -0.3 is 5.11 Å². The van der Waals surface area contributed by atoms with Gasteiger partial charge in [0.25, 0.3) is 0 Å². The highest BCUT2D eigenvalue weighted by molar-refractivity contribution is 6.05. The zero-order chi connectivity index (χ0) is 20.4. The van der Waals surface area contributed by atoms with Crippen LogP contribution in [-0.4, -0.2) is 26.8 Å². The number of ketones is 1. The van der Waals surface area contributed by atoms with Crippen LogP contribution in [0.3, 0.4) is 0 Å². The molecule has 7 atom stereocenters. The number of aryl methyl sites for hydroxylation is 1. The zero-order valence-electron chi connectivity index (χ0n) is 18.2. The maximum atomic E-state index is 13.5. The molecule has 4 nitrogen and oxygen atoms in total. The molecule has 0 saturated heterocycles. The van der Waals surface area contributed by atoms with Gasteiger partial charge in [0.2, 0.25) is 0 Å². The second-order valence-corrected chi connectivity index (χ2v) is 10.8. The molecule has 1 aromatic heterocycles. The van der Waals surface area contributed by atoms with E-state index < -0.39 is 0 Å². The second-order valence-electron chi connectivity index (χ2n) is 10.8. The molecule has 1 heterocycles. The molecule has 1 aromatic rings. The predicted octanol–water partition coefficient (Wildman–Crippen LogP) is 4.87. The van der Waals surface area contributed by atoms with E-state index in [4.69, 9.17) is 0 Å². The van der Waals surface area contributed by atoms with Gasteiger partial charge in [-0.15, -0.1) is 0 Å². The number of carbonyl (C=O) groups is 1. The Bertz CT molecular complexity index is 842. The maximum Gasteiger partial charge on any atom is 0.165 e. The zero-order valence-corrected chi connectivity index (χ0v) is 18.2. The number of nitrogens with zero attached hydrogens (tertiary/aromatic N) is 2. The molecule has 4 aliphatic rings. The molecule has 4 heteroatoms. The summed E-state index contributed by atoms with van der Waals surface area (Å²) in [6.45, 7) is 7.69. The molecule has 0 radical (unpaired) electrons. The Kier molecular flexibility index (Phi) is 4.58. The molecule has 1 N–H and O–H groups in total. The van der Waals surface area contributed by atoms with E-state index in [2.05, 4.69) is 31.9 Å². The van der Waals surface area contributed by atoms with Gasteiger partial charge in [-0.2, -0.15) is 5.10 Å². The van der Waals surface area contributed by atoms with Crippen molar-refractivity contribution in [1.29, 1.82) is 0 Å². The number of allylic oxidation sites excluding steroid dienone is 1. The summed E-state index contributed by atoms with van der Waals surface area (Å²) in [6, 6.07) is 2.02. The number of carbonyl (C=O) groups excluding carboxylic acids is 1. The van der Waals surface area contributed by atoms with Gasteiger partial charge in [-0.05, 0) is 105 Å². The maximum absolute atomic E-state index is 13.5. The number of Topliss-reactive ketones (excluding diaryl/α,β-unsaturated/α-hetero) is 1. The fourth-order valence-electron chi connectivity index (χ4n) is 7.94. The largest absolute Gasteiger partial charge is 0.393 e. The van der Waals surface area contributed by atoms with Crippen LogP contribution in [0.2, 0.25) is 0 Å². The van der Waals surface area contributed by atoms with Crippen molar-refractivity contribution in [2.75, 3.05) is 0 Å². The van der Waals surface area contributed by atoms with Crippen LogP contribution >= 0.6 is 0 Å². The van der Waals surface area contributed by atoms with E-state index in [9.17, 15) is 9.90 Å². The van der Waals surface area contributed by atoms with Crippen molar-refractivity contribution >= 4 is 11.9 Å². The molecule has 0 amide bonds. The summed E-state index contributed by atoms with van der Waals surface area (Å²) >= 11 is 0. The van der Waals surface area contributed by atoms with Crippen molar-refractivity contribution in [2.24, 2.45) is 34.5 Å². The van der Waals surface area contributed by atoms with Crippen molar-refractivity contribution in [2.45, 2.75) is 84.8 Å². The number of aliphatic hydroxyl groups excluding tert-OH is 1. The van der Waals surface area contributed by atoms with E-state index in [1.165, 1.54) is 19.3 Å². The van der Waals surface area contributed by atoms with Crippen molar-refractivity contribution in [3.8, 4) is 0 Å². The van der Waals surface area contributed by atoms with Crippen molar-refractivity contribution in [3.63, 3.8) is 0 Å². The SMILES string of the molecule is CCn1nccc1/C=C1/C[C@@H]2[C@H]3CC[C@H]4C[C@H](O)CC[C@]4(C)[C@@H]3CC[C@@]2(C)C1=O. The molecule has 4 fully saturated rings. The monoisotopic (exact) mass is 396 g/mol. The van der Waals surface area contributed by atoms with Gasteiger partial charge in [0.1, 0.15) is 0 Å². The fourth-order valence-corrected chi connectivity index (χ4v) is 7.94. The van der Waals surface area contributed by atoms with Crippen LogP contribution in [0.4, 0.5) is 0 Å². The highest BCUT2D eigenvalue weighted by Gasteiger charge is 2.61. The van der Waals surface area contributed by atoms with Crippen LogP contribution in [0, 0.1) is 34.5 Å². The van der Waals surface area contributed by atoms with Crippen LogP contribution in [0.5, 0.6) is 0 Å². The molecule has 0 spiro atoms. The van der Waals surface area contributed by atoms with Gasteiger partial charge in [0, 0.05) is 18.2 Å². The smallest absolute Gasteiger partial charge is 0.165 e. The molecule has 4 aliphatic carbocycles. The second kappa shape index (κ2) is 6.80. The first-order chi connectivity index (χ1) is 13.9. The van der Waals surface area contributed by atoms with E-state index >= 15 is 0 Å². The van der Waals surface area contributed by atoms with E-state index in [1.54, 1.807) is 0 Å². The molecular weight excluding hydrogens is 360 g/mol. The third-order valence-electron chi connectivity index (χ3n) is 9.65. The summed E-state index contributed by atoms with van der Waals surface area (Å²) in [4.78, 5) is 13.5. The average molecular weight is 397 g/mol. The molecule has 158 valence electrons. The highest BCUT2D eigenvalue weighted by atomic mass is 16.3. The van der Waals surface area contributed by atoms with Crippen LogP contribution in [-0.2, 0) is 11.3 Å². The number of aromatic nitrogens is 2. The Hall–Kier alpha value is -1.42. The Morgan fingerprint density at radius 2 is 2.03 bits per heavy atom. The Morgan fingerprint density at radius 1 is 1.21 bits per heavy atom. The van der Waals surface area contributed by atoms with Crippen molar-refractivity contribution in [1.82, 2.24) is 9.78 Å². The van der Waals surface area contributed by atoms with Gasteiger partial charge in [-0.3, -0.25) is 9.48 Å². The third-order valence-corrected chi connectivity index (χ3v) is 9.65. The van der Waals surface area contributed by atoms with E-state index in [0.717, 1.165) is 55.8 Å². The number of hydrogen-bond donors (Lipinski definition) is 1. The summed E-state index contributed by atoms with van der Waals surface area (Å²) in [5.41, 5.74) is 2.27. The van der Waals surface area contributed by atoms with Gasteiger partial charge in [0.15, 0.2) is 5.78 Å². The minimum Gasteiger partial charge on any atom is -0.393 e. The lowest BCUT2D eigenvalue weighted by Crippen LogP contribution is -2.54. The van der Waals surface area contributed by atoms with Gasteiger partial charge in [-0.25, -0.2) is 0 Å². The molecule has 0 unspecified atom stereocenters. The quantitative estimate of drug-likeness (QED) is 0.726. The Labute approximate surface area is 174 Å². The van der Waals surface area contributed by atoms with Crippen LogP contribution < -0.4 is 0 Å². The van der Waals surface area contributed by atoms with Crippen molar-refractivity contribution < 1.29 is 9.90 Å². The molecule has 0 bridgehead atoms. The first kappa shape index (κ1) is 19.5. The van der Waals surface area contributed by atoms with Crippen LogP contribution in [0.25, 0.3) is 6.08 Å². The van der Waals surface area contributed by atoms with E-state index in [-0.39, 0.29) is 11.5 Å². The third kappa shape index (κ3) is 2.81. The van der Waals surface area contributed by atoms with Gasteiger partial charge in [-0.1, -0.05) is 13.8 Å². The molecule has 29 heavy (non-hydrogen) atoms. The lowest BCUT2D eigenvalue weighted by Gasteiger charge is -2.59. The first-order valence-corrected chi connectivity index (χ1v) is 11.8. The van der Waals surface area contributed by atoms with E-state index in [1.807, 2.05) is 16.9 Å². The van der Waals surface area contributed by atoms with Crippen molar-refractivity contribution in [3.05, 3.63) is 23.5 Å². The fraction of sp³-hybridized carbons (Fsp3) is 0.760. The van der Waals surface area contributed by atoms with Gasteiger partial charge >= 0.3 is 0 Å². The molecule has 0 aromatic carbocycles. The van der Waals surface area contributed by atoms with E-state index in [0.29, 0.717) is 29.0 Å². The summed E-state index contributed by atoms with van der Waals surface area (Å²) in [5, 5.41) is 14.6. The molecule has 4 saturated carbocycles. The van der Waals surface area contributed by atoms with Gasteiger partial charge in [0.05, 0.1) is 11.8 Å². The first-order valence-electron chi connectivity index (χ1n) is 11.8. The van der Waals surface area contributed by atoms with Crippen LogP contribution in [0.15, 0.2) is 17.8 Å². The minimum absolute atomic E-state index is 0.0931. The minimum atomic E-state index is -0.179. The summed E-state index contributed by atoms with van der Waals surface area (Å²) in [7, 11) is 0. The normalized spacial score (nSPS) is 45.7. The number of rotatable bonds is 2. The summed E-state index contributed by atoms with van der Waals surface area (Å²) < 4.78 is 1.98. The molecule has 5 rings (SSSR count). The number of fused-ring (bicyclic) bond motifs is 5. The highest BCUT2D eigenvalue weighted by Crippen LogP contribution is 2.66.